The van der Waals surface area contributed by atoms with E-state index in [0.717, 1.165) is 12.2 Å². The molecule has 1 aromatic heterocycles. The molecule has 1 saturated carbocycles. The maximum Gasteiger partial charge on any atom is 0.0949 e. The number of nitrogens with two attached hydrogens (primary N) is 1. The van der Waals surface area contributed by atoms with Crippen molar-refractivity contribution in [1.29, 1.82) is 0 Å². The number of hydrogen-bond acceptors (Lipinski definition) is 3. The molecule has 0 aromatic carbocycles. The zero-order chi connectivity index (χ0) is 12.7. The Kier molecular flexibility index (Phi) is 3.04. The Morgan fingerprint density at radius 2 is 2.12 bits per heavy atom. The highest BCUT2D eigenvalue weighted by Crippen LogP contribution is 2.38. The number of aromatic nitrogens is 2. The Morgan fingerprint density at radius 3 is 2.53 bits per heavy atom. The van der Waals surface area contributed by atoms with E-state index in [0.29, 0.717) is 5.54 Å². The molecule has 1 aromatic rings. The third-order valence-corrected chi connectivity index (χ3v) is 4.07. The predicted octanol–water partition coefficient (Wildman–Crippen LogP) is 1.56. The van der Waals surface area contributed by atoms with Crippen molar-refractivity contribution in [1.82, 2.24) is 14.5 Å². The van der Waals surface area contributed by atoms with E-state index in [1.165, 1.54) is 19.3 Å². The van der Waals surface area contributed by atoms with Crippen molar-refractivity contribution in [3.8, 4) is 0 Å². The summed E-state index contributed by atoms with van der Waals surface area (Å²) in [5.41, 5.74) is 7.28. The van der Waals surface area contributed by atoms with Crippen LogP contribution in [0.3, 0.4) is 0 Å². The topological polar surface area (TPSA) is 47.1 Å². The van der Waals surface area contributed by atoms with Crippen molar-refractivity contribution >= 4 is 0 Å². The standard InChI is InChI=1S/C13H24N4/c1-12(2,14)11-8-15-10-17(11)9-13(16(3)4)6-5-7-13/h8,10H,5-7,9,14H2,1-4H3. The number of likely N-dealkylation sites (N-methyl/N-ethyl adjacent to an activating group) is 1. The lowest BCUT2D eigenvalue weighted by Crippen LogP contribution is -2.53. The fraction of sp³-hybridized carbons (Fsp3) is 0.769. The molecule has 17 heavy (non-hydrogen) atoms. The molecule has 1 aliphatic rings. The van der Waals surface area contributed by atoms with Gasteiger partial charge in [0.05, 0.1) is 17.6 Å². The van der Waals surface area contributed by atoms with Crippen LogP contribution in [0.4, 0.5) is 0 Å². The second kappa shape index (κ2) is 4.10. The first-order chi connectivity index (χ1) is 7.85. The van der Waals surface area contributed by atoms with Gasteiger partial charge in [-0.2, -0.15) is 0 Å². The molecule has 0 radical (unpaired) electrons. The summed E-state index contributed by atoms with van der Waals surface area (Å²) >= 11 is 0. The van der Waals surface area contributed by atoms with E-state index in [4.69, 9.17) is 5.73 Å². The van der Waals surface area contributed by atoms with Crippen LogP contribution in [0.5, 0.6) is 0 Å². The summed E-state index contributed by atoms with van der Waals surface area (Å²) in [5, 5.41) is 0. The van der Waals surface area contributed by atoms with Crippen LogP contribution in [0, 0.1) is 0 Å². The fourth-order valence-electron chi connectivity index (χ4n) is 2.63. The molecule has 0 spiro atoms. The van der Waals surface area contributed by atoms with Crippen LogP contribution in [0.25, 0.3) is 0 Å². The van der Waals surface area contributed by atoms with Crippen molar-refractivity contribution in [3.05, 3.63) is 18.2 Å². The molecule has 4 heteroatoms. The highest BCUT2D eigenvalue weighted by Gasteiger charge is 2.40. The minimum Gasteiger partial charge on any atom is -0.331 e. The molecule has 1 aliphatic carbocycles. The maximum atomic E-state index is 6.18. The van der Waals surface area contributed by atoms with Crippen molar-refractivity contribution in [3.63, 3.8) is 0 Å². The Morgan fingerprint density at radius 1 is 1.47 bits per heavy atom. The van der Waals surface area contributed by atoms with E-state index in [1.807, 2.05) is 26.4 Å². The second-order valence-electron chi connectivity index (χ2n) is 6.10. The van der Waals surface area contributed by atoms with E-state index >= 15 is 0 Å². The zero-order valence-electron chi connectivity index (χ0n) is 11.4. The third kappa shape index (κ3) is 2.24. The summed E-state index contributed by atoms with van der Waals surface area (Å²) in [4.78, 5) is 6.61. The summed E-state index contributed by atoms with van der Waals surface area (Å²) < 4.78 is 2.22. The maximum absolute atomic E-state index is 6.18. The quantitative estimate of drug-likeness (QED) is 0.863. The fourth-order valence-corrected chi connectivity index (χ4v) is 2.63. The van der Waals surface area contributed by atoms with Gasteiger partial charge in [0, 0.05) is 18.3 Å². The van der Waals surface area contributed by atoms with Gasteiger partial charge in [-0.3, -0.25) is 0 Å². The van der Waals surface area contributed by atoms with Gasteiger partial charge in [0.25, 0.3) is 0 Å². The highest BCUT2D eigenvalue weighted by molar-refractivity contribution is 5.11. The first-order valence-electron chi connectivity index (χ1n) is 6.32. The average Bonchev–Trinajstić information content (AvgIpc) is 2.57. The largest absolute Gasteiger partial charge is 0.331 e. The van der Waals surface area contributed by atoms with E-state index in [2.05, 4.69) is 28.5 Å². The SMILES string of the molecule is CN(C)C1(Cn2cncc2C(C)(C)N)CCC1. The molecule has 2 rings (SSSR count). The van der Waals surface area contributed by atoms with Crippen LogP contribution < -0.4 is 5.73 Å². The smallest absolute Gasteiger partial charge is 0.0949 e. The first-order valence-corrected chi connectivity index (χ1v) is 6.32. The summed E-state index contributed by atoms with van der Waals surface area (Å²) in [7, 11) is 4.34. The van der Waals surface area contributed by atoms with Crippen LogP contribution in [-0.2, 0) is 12.1 Å². The minimum absolute atomic E-state index is 0.306. The third-order valence-electron chi connectivity index (χ3n) is 4.07. The number of rotatable bonds is 4. The summed E-state index contributed by atoms with van der Waals surface area (Å²) in [6.45, 7) is 5.06. The molecule has 0 saturated heterocycles. The number of imidazole rings is 1. The van der Waals surface area contributed by atoms with Gasteiger partial charge in [-0.15, -0.1) is 0 Å². The minimum atomic E-state index is -0.326. The van der Waals surface area contributed by atoms with Gasteiger partial charge < -0.3 is 15.2 Å². The van der Waals surface area contributed by atoms with Crippen LogP contribution in [-0.4, -0.2) is 34.1 Å². The van der Waals surface area contributed by atoms with Crippen molar-refractivity contribution in [2.24, 2.45) is 5.73 Å². The van der Waals surface area contributed by atoms with E-state index in [9.17, 15) is 0 Å². The molecule has 0 aliphatic heterocycles. The molecule has 1 heterocycles. The van der Waals surface area contributed by atoms with Gasteiger partial charge in [0.1, 0.15) is 0 Å². The summed E-state index contributed by atoms with van der Waals surface area (Å²) in [6.07, 6.45) is 7.66. The van der Waals surface area contributed by atoms with Crippen LogP contribution in [0.2, 0.25) is 0 Å². The number of hydrogen-bond donors (Lipinski definition) is 1. The Labute approximate surface area is 104 Å². The zero-order valence-corrected chi connectivity index (χ0v) is 11.4. The summed E-state index contributed by atoms with van der Waals surface area (Å²) in [5.74, 6) is 0. The molecular formula is C13H24N4. The van der Waals surface area contributed by atoms with E-state index in [-0.39, 0.29) is 5.54 Å². The molecule has 0 atom stereocenters. The molecule has 4 nitrogen and oxygen atoms in total. The van der Waals surface area contributed by atoms with Crippen molar-refractivity contribution in [2.45, 2.75) is 50.7 Å². The van der Waals surface area contributed by atoms with Crippen molar-refractivity contribution in [2.75, 3.05) is 14.1 Å². The molecule has 0 unspecified atom stereocenters. The van der Waals surface area contributed by atoms with Crippen LogP contribution >= 0.6 is 0 Å². The Bertz CT molecular complexity index is 382. The van der Waals surface area contributed by atoms with Gasteiger partial charge in [0.15, 0.2) is 0 Å². The lowest BCUT2D eigenvalue weighted by Gasteiger charge is -2.48. The molecular weight excluding hydrogens is 212 g/mol. The monoisotopic (exact) mass is 236 g/mol. The van der Waals surface area contributed by atoms with Gasteiger partial charge >= 0.3 is 0 Å². The highest BCUT2D eigenvalue weighted by atomic mass is 15.2. The van der Waals surface area contributed by atoms with Gasteiger partial charge in [-0.05, 0) is 47.2 Å². The molecule has 0 amide bonds. The normalized spacial score (nSPS) is 19.4. The summed E-state index contributed by atoms with van der Waals surface area (Å²) in [6, 6.07) is 0. The van der Waals surface area contributed by atoms with E-state index < -0.39 is 0 Å². The predicted molar refractivity (Wildman–Crippen MR) is 69.7 cm³/mol. The lowest BCUT2D eigenvalue weighted by atomic mass is 9.75. The molecule has 2 N–H and O–H groups in total. The van der Waals surface area contributed by atoms with Gasteiger partial charge in [-0.25, -0.2) is 4.98 Å². The van der Waals surface area contributed by atoms with E-state index in [1.54, 1.807) is 0 Å². The number of nitrogens with zero attached hydrogens (tertiary/aromatic N) is 3. The average molecular weight is 236 g/mol. The second-order valence-corrected chi connectivity index (χ2v) is 6.10. The first kappa shape index (κ1) is 12.6. The molecule has 1 fully saturated rings. The van der Waals surface area contributed by atoms with Gasteiger partial charge in [-0.1, -0.05) is 0 Å². The Balaban J connectivity index is 2.22. The van der Waals surface area contributed by atoms with Crippen LogP contribution in [0.15, 0.2) is 12.5 Å². The Hall–Kier alpha value is -0.870. The van der Waals surface area contributed by atoms with Gasteiger partial charge in [0.2, 0.25) is 0 Å². The van der Waals surface area contributed by atoms with Crippen molar-refractivity contribution < 1.29 is 0 Å². The van der Waals surface area contributed by atoms with Crippen LogP contribution in [0.1, 0.15) is 38.8 Å². The molecule has 0 bridgehead atoms. The molecule has 96 valence electrons. The lowest BCUT2D eigenvalue weighted by molar-refractivity contribution is 0.0409.